The summed E-state index contributed by atoms with van der Waals surface area (Å²) in [4.78, 5) is 35.6. The smallest absolute Gasteiger partial charge is 0.380 e. The van der Waals surface area contributed by atoms with Crippen LogP contribution in [0.15, 0.2) is 0 Å². The first-order chi connectivity index (χ1) is 12.7. The third kappa shape index (κ3) is 8.61. The lowest BCUT2D eigenvalue weighted by molar-refractivity contribution is -0.219. The van der Waals surface area contributed by atoms with E-state index in [1.54, 1.807) is 0 Å². The minimum absolute atomic E-state index is 0.0169. The molecule has 0 aromatic heterocycles. The van der Waals surface area contributed by atoms with Crippen molar-refractivity contribution in [3.05, 3.63) is 0 Å². The van der Waals surface area contributed by atoms with Gasteiger partial charge in [-0.25, -0.2) is 13.7 Å². The Labute approximate surface area is 162 Å². The fourth-order valence-electron chi connectivity index (χ4n) is 2.77. The minimum atomic E-state index is -5.58. The highest BCUT2D eigenvalue weighted by molar-refractivity contribution is 7.66. The SMILES string of the molecule is [B][C@@H]1CC(OC2CCCC(C)O2)C(COP(=O)(O)OP(=O)(O)OP(=O)(O)O)O1. The Morgan fingerprint density at radius 2 is 1.71 bits per heavy atom. The Morgan fingerprint density at radius 3 is 2.32 bits per heavy atom. The molecule has 0 bridgehead atoms. The van der Waals surface area contributed by atoms with Crippen LogP contribution in [0.5, 0.6) is 0 Å². The highest BCUT2D eigenvalue weighted by Crippen LogP contribution is 2.66. The van der Waals surface area contributed by atoms with Crippen LogP contribution in [-0.2, 0) is 41.1 Å². The van der Waals surface area contributed by atoms with Crippen molar-refractivity contribution >= 4 is 31.3 Å². The van der Waals surface area contributed by atoms with Gasteiger partial charge in [0, 0.05) is 6.00 Å². The number of ether oxygens (including phenoxy) is 3. The quantitative estimate of drug-likeness (QED) is 0.278. The Bertz CT molecular complexity index is 670. The van der Waals surface area contributed by atoms with Crippen LogP contribution in [0, 0.1) is 0 Å². The van der Waals surface area contributed by atoms with Crippen molar-refractivity contribution in [3.63, 3.8) is 0 Å². The van der Waals surface area contributed by atoms with Gasteiger partial charge in [-0.1, -0.05) is 0 Å². The fourth-order valence-corrected chi connectivity index (χ4v) is 5.80. The normalized spacial score (nSPS) is 36.0. The van der Waals surface area contributed by atoms with Crippen LogP contribution in [0.25, 0.3) is 0 Å². The van der Waals surface area contributed by atoms with Gasteiger partial charge in [0.1, 0.15) is 14.0 Å². The molecular formula is C11H22BO13P3. The molecule has 0 spiro atoms. The highest BCUT2D eigenvalue weighted by atomic mass is 31.3. The van der Waals surface area contributed by atoms with Gasteiger partial charge in [0.15, 0.2) is 6.29 Å². The molecule has 6 unspecified atom stereocenters. The van der Waals surface area contributed by atoms with E-state index in [4.69, 9.17) is 36.7 Å². The fraction of sp³-hybridized carbons (Fsp3) is 1.00. The zero-order chi connectivity index (χ0) is 21.2. The molecule has 0 aromatic rings. The summed E-state index contributed by atoms with van der Waals surface area (Å²) >= 11 is 0. The van der Waals surface area contributed by atoms with Crippen molar-refractivity contribution in [1.29, 1.82) is 0 Å². The third-order valence-corrected chi connectivity index (χ3v) is 7.61. The summed E-state index contributed by atoms with van der Waals surface area (Å²) in [5.41, 5.74) is 0. The van der Waals surface area contributed by atoms with Gasteiger partial charge in [0.2, 0.25) is 0 Å². The standard InChI is InChI=1S/C11H22BO13P3/c1-7-3-2-4-11(21-7)23-8-5-10(12)22-9(8)6-20-27(16,17)25-28(18,19)24-26(13,14)15/h7-11H,2-6H2,1H3,(H,16,17)(H,18,19)(H2,13,14,15)/t7?,8?,9?,10-,11?/m0/s1. The molecule has 0 aromatic carbocycles. The molecule has 4 N–H and O–H groups in total. The van der Waals surface area contributed by atoms with Gasteiger partial charge in [-0.15, -0.1) is 0 Å². The zero-order valence-electron chi connectivity index (χ0n) is 14.8. The van der Waals surface area contributed by atoms with E-state index in [-0.39, 0.29) is 12.5 Å². The van der Waals surface area contributed by atoms with Crippen LogP contribution in [0.4, 0.5) is 0 Å². The number of phosphoric ester groups is 1. The predicted octanol–water partition coefficient (Wildman–Crippen LogP) is 0.913. The van der Waals surface area contributed by atoms with Crippen LogP contribution in [0.3, 0.4) is 0 Å². The summed E-state index contributed by atoms with van der Waals surface area (Å²) in [7, 11) is -10.6. The zero-order valence-corrected chi connectivity index (χ0v) is 17.5. The van der Waals surface area contributed by atoms with Crippen LogP contribution in [0.2, 0.25) is 0 Å². The topological polar surface area (TPSA) is 188 Å². The van der Waals surface area contributed by atoms with E-state index in [1.165, 1.54) is 0 Å². The van der Waals surface area contributed by atoms with Crippen molar-refractivity contribution in [3.8, 4) is 0 Å². The molecule has 2 aliphatic heterocycles. The predicted molar refractivity (Wildman–Crippen MR) is 91.9 cm³/mol. The Hall–Kier alpha value is 0.355. The Morgan fingerprint density at radius 1 is 1.04 bits per heavy atom. The van der Waals surface area contributed by atoms with Gasteiger partial charge in [0.25, 0.3) is 0 Å². The molecule has 2 aliphatic rings. The van der Waals surface area contributed by atoms with E-state index in [2.05, 4.69) is 13.1 Å². The number of hydrogen-bond donors (Lipinski definition) is 4. The van der Waals surface area contributed by atoms with E-state index in [1.807, 2.05) is 6.92 Å². The van der Waals surface area contributed by atoms with Gasteiger partial charge in [-0.05, 0) is 32.6 Å². The van der Waals surface area contributed by atoms with E-state index in [0.717, 1.165) is 12.8 Å². The molecule has 162 valence electrons. The van der Waals surface area contributed by atoms with Crippen LogP contribution < -0.4 is 0 Å². The summed E-state index contributed by atoms with van der Waals surface area (Å²) in [5.74, 6) is 0. The lowest BCUT2D eigenvalue weighted by atomic mass is 9.96. The maximum Gasteiger partial charge on any atom is 0.490 e. The maximum atomic E-state index is 11.8. The van der Waals surface area contributed by atoms with Crippen molar-refractivity contribution in [2.24, 2.45) is 0 Å². The number of rotatable bonds is 9. The lowest BCUT2D eigenvalue weighted by Gasteiger charge is -2.31. The molecule has 0 saturated carbocycles. The molecular weight excluding hydrogens is 444 g/mol. The van der Waals surface area contributed by atoms with E-state index in [9.17, 15) is 18.6 Å². The number of hydrogen-bond acceptors (Lipinski definition) is 9. The second-order valence-electron chi connectivity index (χ2n) is 6.32. The molecule has 2 fully saturated rings. The van der Waals surface area contributed by atoms with Gasteiger partial charge in [0.05, 0.1) is 18.8 Å². The second kappa shape index (κ2) is 9.66. The van der Waals surface area contributed by atoms with Gasteiger partial charge < -0.3 is 33.8 Å². The highest BCUT2D eigenvalue weighted by Gasteiger charge is 2.43. The summed E-state index contributed by atoms with van der Waals surface area (Å²) in [5, 5.41) is 0. The first-order valence-corrected chi connectivity index (χ1v) is 12.8. The molecule has 0 amide bonds. The summed E-state index contributed by atoms with van der Waals surface area (Å²) in [6, 6.07) is -0.736. The molecule has 13 nitrogen and oxygen atoms in total. The van der Waals surface area contributed by atoms with Crippen LogP contribution in [-0.4, -0.2) is 64.6 Å². The first-order valence-electron chi connectivity index (χ1n) is 8.25. The van der Waals surface area contributed by atoms with E-state index >= 15 is 0 Å². The van der Waals surface area contributed by atoms with Gasteiger partial charge in [-0.2, -0.15) is 8.62 Å². The van der Waals surface area contributed by atoms with Crippen molar-refractivity contribution in [2.75, 3.05) is 6.61 Å². The summed E-state index contributed by atoms with van der Waals surface area (Å²) in [6.45, 7) is 1.28. The summed E-state index contributed by atoms with van der Waals surface area (Å²) in [6.07, 6.45) is 0.656. The number of phosphoric acid groups is 3. The molecule has 0 aliphatic carbocycles. The van der Waals surface area contributed by atoms with Crippen molar-refractivity contribution in [1.82, 2.24) is 0 Å². The lowest BCUT2D eigenvalue weighted by Crippen LogP contribution is -2.36. The molecule has 2 rings (SSSR count). The van der Waals surface area contributed by atoms with Crippen LogP contribution >= 0.6 is 23.5 Å². The molecule has 2 radical (unpaired) electrons. The molecule has 17 heteroatoms. The summed E-state index contributed by atoms with van der Waals surface area (Å²) < 4.78 is 62.3. The van der Waals surface area contributed by atoms with Gasteiger partial charge >= 0.3 is 23.5 Å². The molecule has 7 atom stereocenters. The largest absolute Gasteiger partial charge is 0.490 e. The molecule has 28 heavy (non-hydrogen) atoms. The van der Waals surface area contributed by atoms with Crippen molar-refractivity contribution < 1.29 is 60.6 Å². The maximum absolute atomic E-state index is 11.8. The monoisotopic (exact) mass is 466 g/mol. The van der Waals surface area contributed by atoms with E-state index in [0.29, 0.717) is 6.42 Å². The first kappa shape index (κ1) is 24.6. The molecule has 2 saturated heterocycles. The average Bonchev–Trinajstić information content (AvgIpc) is 2.81. The minimum Gasteiger partial charge on any atom is -0.380 e. The average molecular weight is 466 g/mol. The Balaban J connectivity index is 1.90. The van der Waals surface area contributed by atoms with Crippen molar-refractivity contribution in [2.45, 2.75) is 63.2 Å². The second-order valence-corrected chi connectivity index (χ2v) is 10.7. The van der Waals surface area contributed by atoms with Crippen LogP contribution in [0.1, 0.15) is 32.6 Å². The van der Waals surface area contributed by atoms with E-state index < -0.39 is 54.6 Å². The third-order valence-electron chi connectivity index (χ3n) is 3.81. The Kier molecular flexibility index (Phi) is 8.49. The molecule has 2 heterocycles. The van der Waals surface area contributed by atoms with Gasteiger partial charge in [-0.3, -0.25) is 4.52 Å².